The molecule has 2 atom stereocenters. The van der Waals surface area contributed by atoms with Gasteiger partial charge in [0.05, 0.1) is 3.79 Å². The van der Waals surface area contributed by atoms with Crippen molar-refractivity contribution in [3.63, 3.8) is 0 Å². The molecule has 92 valence electrons. The summed E-state index contributed by atoms with van der Waals surface area (Å²) in [5.74, 6) is 0.627. The average Bonchev–Trinajstić information content (AvgIpc) is 2.58. The van der Waals surface area contributed by atoms with Crippen molar-refractivity contribution in [2.24, 2.45) is 11.7 Å². The lowest BCUT2D eigenvalue weighted by Crippen LogP contribution is -2.45. The molecule has 1 saturated heterocycles. The van der Waals surface area contributed by atoms with E-state index in [2.05, 4.69) is 39.9 Å². The molecule has 2 heterocycles. The van der Waals surface area contributed by atoms with E-state index in [9.17, 15) is 0 Å². The molecule has 0 aliphatic carbocycles. The lowest BCUT2D eigenvalue weighted by atomic mass is 9.95. The van der Waals surface area contributed by atoms with Gasteiger partial charge in [0.2, 0.25) is 0 Å². The number of rotatable bonds is 2. The standard InChI is InChI=1S/C11H17BrN2S.ClH/c1-8-6-14(5-4-10(8)13)7-9-2-3-11(12)15-9;/h2-3,8,10H,4-7,13H2,1H3;1H. The number of likely N-dealkylation sites (tertiary alicyclic amines) is 1. The van der Waals surface area contributed by atoms with Crippen LogP contribution in [0.25, 0.3) is 0 Å². The second-order valence-electron chi connectivity index (χ2n) is 4.37. The fraction of sp³-hybridized carbons (Fsp3) is 0.636. The smallest absolute Gasteiger partial charge is 0.0701 e. The summed E-state index contributed by atoms with van der Waals surface area (Å²) in [6, 6.07) is 4.73. The van der Waals surface area contributed by atoms with Gasteiger partial charge in [-0.2, -0.15) is 0 Å². The Hall–Kier alpha value is 0.390. The summed E-state index contributed by atoms with van der Waals surface area (Å²) in [5, 5.41) is 0. The van der Waals surface area contributed by atoms with E-state index in [1.54, 1.807) is 0 Å². The molecule has 5 heteroatoms. The van der Waals surface area contributed by atoms with Crippen molar-refractivity contribution < 1.29 is 0 Å². The first kappa shape index (κ1) is 14.5. The van der Waals surface area contributed by atoms with E-state index in [-0.39, 0.29) is 12.4 Å². The third-order valence-electron chi connectivity index (χ3n) is 3.06. The number of nitrogens with zero attached hydrogens (tertiary/aromatic N) is 1. The molecule has 2 N–H and O–H groups in total. The minimum absolute atomic E-state index is 0. The van der Waals surface area contributed by atoms with Crippen molar-refractivity contribution in [2.45, 2.75) is 25.9 Å². The van der Waals surface area contributed by atoms with Gasteiger partial charge in [0.25, 0.3) is 0 Å². The normalized spacial score (nSPS) is 26.4. The molecule has 1 aromatic rings. The van der Waals surface area contributed by atoms with Gasteiger partial charge in [-0.25, -0.2) is 0 Å². The first-order chi connectivity index (χ1) is 7.15. The summed E-state index contributed by atoms with van der Waals surface area (Å²) in [6.45, 7) is 5.60. The number of thiophene rings is 1. The molecule has 2 nitrogen and oxygen atoms in total. The van der Waals surface area contributed by atoms with Gasteiger partial charge in [-0.3, -0.25) is 4.90 Å². The van der Waals surface area contributed by atoms with Gasteiger partial charge in [0.15, 0.2) is 0 Å². The monoisotopic (exact) mass is 324 g/mol. The molecule has 1 aliphatic rings. The van der Waals surface area contributed by atoms with Crippen molar-refractivity contribution >= 4 is 39.7 Å². The molecule has 1 fully saturated rings. The molecule has 0 spiro atoms. The van der Waals surface area contributed by atoms with Crippen LogP contribution in [-0.4, -0.2) is 24.0 Å². The van der Waals surface area contributed by atoms with Crippen LogP contribution in [0.2, 0.25) is 0 Å². The third-order valence-corrected chi connectivity index (χ3v) is 4.67. The minimum atomic E-state index is 0. The third kappa shape index (κ3) is 3.70. The van der Waals surface area contributed by atoms with E-state index in [1.165, 1.54) is 8.66 Å². The highest BCUT2D eigenvalue weighted by atomic mass is 79.9. The van der Waals surface area contributed by atoms with Crippen LogP contribution in [0, 0.1) is 5.92 Å². The predicted octanol–water partition coefficient (Wildman–Crippen LogP) is 3.10. The molecular weight excluding hydrogens is 308 g/mol. The largest absolute Gasteiger partial charge is 0.327 e. The van der Waals surface area contributed by atoms with Crippen molar-refractivity contribution in [3.8, 4) is 0 Å². The zero-order valence-corrected chi connectivity index (χ0v) is 12.6. The summed E-state index contributed by atoms with van der Waals surface area (Å²) in [6.07, 6.45) is 1.13. The molecule has 0 amide bonds. The van der Waals surface area contributed by atoms with Gasteiger partial charge < -0.3 is 5.73 Å². The topological polar surface area (TPSA) is 29.3 Å². The van der Waals surface area contributed by atoms with Crippen molar-refractivity contribution in [1.82, 2.24) is 4.90 Å². The molecule has 0 saturated carbocycles. The first-order valence-corrected chi connectivity index (χ1v) is 6.98. The van der Waals surface area contributed by atoms with Crippen LogP contribution in [0.15, 0.2) is 15.9 Å². The molecule has 0 radical (unpaired) electrons. The van der Waals surface area contributed by atoms with Crippen molar-refractivity contribution in [3.05, 3.63) is 20.8 Å². The Balaban J connectivity index is 0.00000128. The Bertz CT molecular complexity index is 332. The number of nitrogens with two attached hydrogens (primary N) is 1. The molecule has 1 aliphatic heterocycles. The quantitative estimate of drug-likeness (QED) is 0.905. The van der Waals surface area contributed by atoms with Gasteiger partial charge in [0, 0.05) is 30.6 Å². The molecular formula is C11H18BrClN2S. The number of hydrogen-bond acceptors (Lipinski definition) is 3. The molecule has 0 bridgehead atoms. The fourth-order valence-corrected chi connectivity index (χ4v) is 3.58. The number of hydrogen-bond donors (Lipinski definition) is 1. The molecule has 1 aromatic heterocycles. The predicted molar refractivity (Wildman–Crippen MR) is 76.3 cm³/mol. The van der Waals surface area contributed by atoms with E-state index in [0.717, 1.165) is 26.1 Å². The Morgan fingerprint density at radius 2 is 2.31 bits per heavy atom. The zero-order chi connectivity index (χ0) is 10.8. The average molecular weight is 326 g/mol. The van der Waals surface area contributed by atoms with Gasteiger partial charge in [0.1, 0.15) is 0 Å². The lowest BCUT2D eigenvalue weighted by molar-refractivity contribution is 0.159. The van der Waals surface area contributed by atoms with Gasteiger partial charge in [-0.15, -0.1) is 23.7 Å². The summed E-state index contributed by atoms with van der Waals surface area (Å²) in [5.41, 5.74) is 6.01. The Labute approximate surface area is 116 Å². The second kappa shape index (κ2) is 6.36. The Morgan fingerprint density at radius 3 is 2.88 bits per heavy atom. The highest BCUT2D eigenvalue weighted by Gasteiger charge is 2.23. The lowest BCUT2D eigenvalue weighted by Gasteiger charge is -2.34. The van der Waals surface area contributed by atoms with Crippen LogP contribution in [0.1, 0.15) is 18.2 Å². The maximum absolute atomic E-state index is 6.01. The summed E-state index contributed by atoms with van der Waals surface area (Å²) in [4.78, 5) is 3.94. The van der Waals surface area contributed by atoms with Crippen LogP contribution in [0.4, 0.5) is 0 Å². The summed E-state index contributed by atoms with van der Waals surface area (Å²) in [7, 11) is 0. The van der Waals surface area contributed by atoms with Gasteiger partial charge >= 0.3 is 0 Å². The zero-order valence-electron chi connectivity index (χ0n) is 9.36. The highest BCUT2D eigenvalue weighted by Crippen LogP contribution is 2.25. The fourth-order valence-electron chi connectivity index (χ4n) is 2.05. The highest BCUT2D eigenvalue weighted by molar-refractivity contribution is 9.11. The first-order valence-electron chi connectivity index (χ1n) is 5.37. The Kier molecular flexibility index (Phi) is 5.74. The number of piperidine rings is 1. The summed E-state index contributed by atoms with van der Waals surface area (Å²) < 4.78 is 1.22. The van der Waals surface area contributed by atoms with Gasteiger partial charge in [-0.1, -0.05) is 6.92 Å². The summed E-state index contributed by atoms with van der Waals surface area (Å²) >= 11 is 5.33. The maximum atomic E-state index is 6.01. The van der Waals surface area contributed by atoms with E-state index >= 15 is 0 Å². The van der Waals surface area contributed by atoms with Crippen LogP contribution >= 0.6 is 39.7 Å². The van der Waals surface area contributed by atoms with E-state index < -0.39 is 0 Å². The minimum Gasteiger partial charge on any atom is -0.327 e. The molecule has 16 heavy (non-hydrogen) atoms. The SMILES string of the molecule is CC1CN(Cc2ccc(Br)s2)CCC1N.Cl. The second-order valence-corrected chi connectivity index (χ2v) is 6.92. The Morgan fingerprint density at radius 1 is 1.56 bits per heavy atom. The van der Waals surface area contributed by atoms with Crippen LogP contribution in [0.5, 0.6) is 0 Å². The van der Waals surface area contributed by atoms with E-state index in [0.29, 0.717) is 12.0 Å². The number of halogens is 2. The molecule has 2 rings (SSSR count). The van der Waals surface area contributed by atoms with Crippen LogP contribution < -0.4 is 5.73 Å². The maximum Gasteiger partial charge on any atom is 0.0701 e. The molecule has 2 unspecified atom stereocenters. The van der Waals surface area contributed by atoms with Crippen molar-refractivity contribution in [2.75, 3.05) is 13.1 Å². The van der Waals surface area contributed by atoms with E-state index in [4.69, 9.17) is 5.73 Å². The van der Waals surface area contributed by atoms with Crippen molar-refractivity contribution in [1.29, 1.82) is 0 Å². The van der Waals surface area contributed by atoms with Gasteiger partial charge in [-0.05, 0) is 40.4 Å². The van der Waals surface area contributed by atoms with E-state index in [1.807, 2.05) is 11.3 Å². The van der Waals surface area contributed by atoms with Crippen LogP contribution in [-0.2, 0) is 6.54 Å². The van der Waals surface area contributed by atoms with Crippen LogP contribution in [0.3, 0.4) is 0 Å². The molecule has 0 aromatic carbocycles.